The van der Waals surface area contributed by atoms with Crippen molar-refractivity contribution in [3.8, 4) is 11.5 Å². The summed E-state index contributed by atoms with van der Waals surface area (Å²) in [5, 5.41) is 16.3. The summed E-state index contributed by atoms with van der Waals surface area (Å²) in [6.45, 7) is 3.70. The van der Waals surface area contributed by atoms with Gasteiger partial charge in [0.15, 0.2) is 0 Å². The molecule has 0 saturated carbocycles. The lowest BCUT2D eigenvalue weighted by molar-refractivity contribution is 0.195. The molecular formula is C16H21Cl3N2O2S. The van der Waals surface area contributed by atoms with Crippen molar-refractivity contribution >= 4 is 47.8 Å². The summed E-state index contributed by atoms with van der Waals surface area (Å²) >= 11 is 7.84. The first kappa shape index (κ1) is 21.4. The third-order valence-corrected chi connectivity index (χ3v) is 5.18. The fourth-order valence-electron chi connectivity index (χ4n) is 2.90. The van der Waals surface area contributed by atoms with E-state index in [2.05, 4.69) is 21.7 Å². The van der Waals surface area contributed by atoms with E-state index < -0.39 is 0 Å². The second-order valence-corrected chi connectivity index (χ2v) is 6.60. The number of hydrogen-bond acceptors (Lipinski definition) is 5. The van der Waals surface area contributed by atoms with Gasteiger partial charge in [-0.2, -0.15) is 0 Å². The van der Waals surface area contributed by atoms with Gasteiger partial charge >= 0.3 is 0 Å². The minimum absolute atomic E-state index is 0. The number of methoxy groups -OCH3 is 1. The van der Waals surface area contributed by atoms with Gasteiger partial charge in [0.2, 0.25) is 0 Å². The second kappa shape index (κ2) is 9.70. The molecule has 0 radical (unpaired) electrons. The van der Waals surface area contributed by atoms with E-state index in [0.717, 1.165) is 31.7 Å². The number of aromatic hydroxyl groups is 1. The van der Waals surface area contributed by atoms with E-state index in [4.69, 9.17) is 16.3 Å². The van der Waals surface area contributed by atoms with E-state index in [-0.39, 0.29) is 36.6 Å². The summed E-state index contributed by atoms with van der Waals surface area (Å²) in [5.41, 5.74) is 0.749. The Labute approximate surface area is 163 Å². The maximum atomic E-state index is 10.6. The van der Waals surface area contributed by atoms with Gasteiger partial charge in [-0.05, 0) is 23.6 Å². The third-order valence-electron chi connectivity index (χ3n) is 3.95. The Bertz CT molecular complexity index is 635. The van der Waals surface area contributed by atoms with Crippen molar-refractivity contribution in [3.05, 3.63) is 45.1 Å². The van der Waals surface area contributed by atoms with Gasteiger partial charge in [-0.1, -0.05) is 17.7 Å². The number of nitrogens with one attached hydrogen (secondary N) is 1. The summed E-state index contributed by atoms with van der Waals surface area (Å²) in [6.07, 6.45) is 0. The molecule has 2 heterocycles. The smallest absolute Gasteiger partial charge is 0.143 e. The maximum absolute atomic E-state index is 10.6. The number of thiophene rings is 1. The summed E-state index contributed by atoms with van der Waals surface area (Å²) in [6, 6.07) is 7.57. The van der Waals surface area contributed by atoms with Crippen LogP contribution in [-0.4, -0.2) is 43.3 Å². The fraction of sp³-hybridized carbons (Fsp3) is 0.375. The molecule has 1 aliphatic rings. The van der Waals surface area contributed by atoms with E-state index in [1.807, 2.05) is 12.1 Å². The zero-order valence-corrected chi connectivity index (χ0v) is 16.4. The van der Waals surface area contributed by atoms with Gasteiger partial charge < -0.3 is 15.2 Å². The Hall–Kier alpha value is -0.690. The van der Waals surface area contributed by atoms with Crippen LogP contribution in [0.3, 0.4) is 0 Å². The van der Waals surface area contributed by atoms with Gasteiger partial charge in [0.1, 0.15) is 11.5 Å². The van der Waals surface area contributed by atoms with Crippen molar-refractivity contribution in [2.45, 2.75) is 6.04 Å². The van der Waals surface area contributed by atoms with Crippen LogP contribution < -0.4 is 10.1 Å². The number of hydrogen-bond donors (Lipinski definition) is 2. The van der Waals surface area contributed by atoms with Gasteiger partial charge in [0.25, 0.3) is 0 Å². The monoisotopic (exact) mass is 410 g/mol. The molecule has 1 aliphatic heterocycles. The minimum Gasteiger partial charge on any atom is -0.506 e. The molecule has 0 unspecified atom stereocenters. The van der Waals surface area contributed by atoms with Crippen LogP contribution in [0.1, 0.15) is 16.5 Å². The lowest BCUT2D eigenvalue weighted by atomic mass is 10.00. The van der Waals surface area contributed by atoms with E-state index in [1.54, 1.807) is 24.5 Å². The molecule has 134 valence electrons. The number of piperazine rings is 1. The predicted octanol–water partition coefficient (Wildman–Crippen LogP) is 3.95. The molecule has 2 N–H and O–H groups in total. The molecule has 3 rings (SSSR count). The number of benzene rings is 1. The van der Waals surface area contributed by atoms with Gasteiger partial charge in [0, 0.05) is 31.1 Å². The van der Waals surface area contributed by atoms with Crippen molar-refractivity contribution in [2.24, 2.45) is 0 Å². The van der Waals surface area contributed by atoms with E-state index in [0.29, 0.717) is 10.8 Å². The Morgan fingerprint density at radius 1 is 1.25 bits per heavy atom. The molecule has 0 amide bonds. The SMILES string of the molecule is COc1ccc(Cl)c(O)c1[C@@H](c1cccs1)N1CCNCC1.Cl.Cl. The first-order valence-electron chi connectivity index (χ1n) is 7.26. The van der Waals surface area contributed by atoms with Crippen molar-refractivity contribution in [3.63, 3.8) is 0 Å². The molecule has 1 saturated heterocycles. The summed E-state index contributed by atoms with van der Waals surface area (Å²) in [4.78, 5) is 3.54. The molecule has 8 heteroatoms. The molecule has 2 aromatic rings. The van der Waals surface area contributed by atoms with Crippen LogP contribution in [0, 0.1) is 0 Å². The second-order valence-electron chi connectivity index (χ2n) is 5.22. The van der Waals surface area contributed by atoms with Gasteiger partial charge in [-0.25, -0.2) is 0 Å². The number of phenols is 1. The molecule has 1 aromatic carbocycles. The van der Waals surface area contributed by atoms with Crippen molar-refractivity contribution in [2.75, 3.05) is 33.3 Å². The van der Waals surface area contributed by atoms with E-state index in [9.17, 15) is 5.11 Å². The highest BCUT2D eigenvalue weighted by molar-refractivity contribution is 7.10. The Morgan fingerprint density at radius 3 is 2.54 bits per heavy atom. The Kier molecular flexibility index (Phi) is 8.63. The normalized spacial score (nSPS) is 15.9. The highest BCUT2D eigenvalue weighted by Gasteiger charge is 2.30. The van der Waals surface area contributed by atoms with Crippen LogP contribution in [0.15, 0.2) is 29.6 Å². The van der Waals surface area contributed by atoms with Crippen LogP contribution in [0.2, 0.25) is 5.02 Å². The molecule has 1 aromatic heterocycles. The van der Waals surface area contributed by atoms with Crippen LogP contribution in [0.5, 0.6) is 11.5 Å². The zero-order valence-electron chi connectivity index (χ0n) is 13.2. The lowest BCUT2D eigenvalue weighted by Crippen LogP contribution is -2.45. The maximum Gasteiger partial charge on any atom is 0.143 e. The number of nitrogens with zero attached hydrogens (tertiary/aromatic N) is 1. The van der Waals surface area contributed by atoms with Gasteiger partial charge in [0.05, 0.1) is 23.7 Å². The highest BCUT2D eigenvalue weighted by Crippen LogP contribution is 2.44. The quantitative estimate of drug-likeness (QED) is 0.799. The van der Waals surface area contributed by atoms with Crippen LogP contribution in [0.4, 0.5) is 0 Å². The molecule has 0 spiro atoms. The number of ether oxygens (including phenoxy) is 1. The number of rotatable bonds is 4. The number of halogens is 3. The Morgan fingerprint density at radius 2 is 1.96 bits per heavy atom. The highest BCUT2D eigenvalue weighted by atomic mass is 35.5. The van der Waals surface area contributed by atoms with Crippen LogP contribution >= 0.6 is 47.8 Å². The Balaban J connectivity index is 0.00000144. The first-order chi connectivity index (χ1) is 10.7. The topological polar surface area (TPSA) is 44.7 Å². The van der Waals surface area contributed by atoms with Gasteiger partial charge in [-0.3, -0.25) is 4.90 Å². The minimum atomic E-state index is -0.0456. The summed E-state index contributed by atoms with van der Waals surface area (Å²) < 4.78 is 5.49. The molecule has 4 nitrogen and oxygen atoms in total. The zero-order chi connectivity index (χ0) is 15.5. The molecule has 0 aliphatic carbocycles. The average Bonchev–Trinajstić information content (AvgIpc) is 3.07. The lowest BCUT2D eigenvalue weighted by Gasteiger charge is -2.35. The molecule has 0 bridgehead atoms. The van der Waals surface area contributed by atoms with Crippen molar-refractivity contribution in [1.82, 2.24) is 10.2 Å². The molecule has 1 fully saturated rings. The van der Waals surface area contributed by atoms with E-state index >= 15 is 0 Å². The summed E-state index contributed by atoms with van der Waals surface area (Å²) in [7, 11) is 1.62. The van der Waals surface area contributed by atoms with Crippen molar-refractivity contribution < 1.29 is 9.84 Å². The van der Waals surface area contributed by atoms with Crippen LogP contribution in [-0.2, 0) is 0 Å². The summed E-state index contributed by atoms with van der Waals surface area (Å²) in [5.74, 6) is 0.775. The van der Waals surface area contributed by atoms with E-state index in [1.165, 1.54) is 4.88 Å². The van der Waals surface area contributed by atoms with Gasteiger partial charge in [-0.15, -0.1) is 36.2 Å². The predicted molar refractivity (Wildman–Crippen MR) is 105 cm³/mol. The molecule has 24 heavy (non-hydrogen) atoms. The fourth-order valence-corrected chi connectivity index (χ4v) is 3.93. The number of phenolic OH excluding ortho intramolecular Hbond substituents is 1. The van der Waals surface area contributed by atoms with Crippen molar-refractivity contribution in [1.29, 1.82) is 0 Å². The first-order valence-corrected chi connectivity index (χ1v) is 8.51. The average molecular weight is 412 g/mol. The largest absolute Gasteiger partial charge is 0.506 e. The van der Waals surface area contributed by atoms with Crippen LogP contribution in [0.25, 0.3) is 0 Å². The molecule has 1 atom stereocenters. The third kappa shape index (κ3) is 4.28. The molecular weight excluding hydrogens is 391 g/mol. The standard InChI is InChI=1S/C16H19ClN2O2S.2ClH/c1-21-12-5-4-11(17)16(20)14(12)15(13-3-2-10-22-13)19-8-6-18-7-9-19;;/h2-5,10,15,18,20H,6-9H2,1H3;2*1H/t15-;;/m1../s1.